The molecule has 5 nitrogen and oxygen atoms in total. The van der Waals surface area contributed by atoms with Crippen molar-refractivity contribution in [3.63, 3.8) is 0 Å². The number of methoxy groups -OCH3 is 1. The molecule has 0 bridgehead atoms. The number of benzene rings is 2. The summed E-state index contributed by atoms with van der Waals surface area (Å²) in [5, 5.41) is 14.1. The summed E-state index contributed by atoms with van der Waals surface area (Å²) in [7, 11) is 1.45. The smallest absolute Gasteiger partial charge is 0.267 e. The fraction of sp³-hybridized carbons (Fsp3) is 0.111. The van der Waals surface area contributed by atoms with E-state index in [1.807, 2.05) is 13.0 Å². The molecule has 0 saturated carbocycles. The topological polar surface area (TPSA) is 74.1 Å². The first kappa shape index (κ1) is 17.9. The zero-order valence-electron chi connectivity index (χ0n) is 13.6. The first-order valence-corrected chi connectivity index (χ1v) is 7.22. The minimum Gasteiger partial charge on any atom is -0.495 e. The zero-order chi connectivity index (χ0) is 18.4. The highest BCUT2D eigenvalue weighted by Gasteiger charge is 2.13. The van der Waals surface area contributed by atoms with Crippen molar-refractivity contribution in [2.45, 2.75) is 6.92 Å². The fourth-order valence-electron chi connectivity index (χ4n) is 2.02. The molecule has 0 heterocycles. The van der Waals surface area contributed by atoms with Gasteiger partial charge in [-0.05, 0) is 36.8 Å². The lowest BCUT2D eigenvalue weighted by Crippen LogP contribution is -2.15. The van der Waals surface area contributed by atoms with E-state index >= 15 is 0 Å². The van der Waals surface area contributed by atoms with Crippen molar-refractivity contribution in [2.75, 3.05) is 17.7 Å². The third-order valence-corrected chi connectivity index (χ3v) is 3.27. The molecule has 0 fully saturated rings. The van der Waals surface area contributed by atoms with Crippen molar-refractivity contribution in [3.05, 3.63) is 65.4 Å². The molecule has 0 aromatic heterocycles. The second-order valence-electron chi connectivity index (χ2n) is 5.10. The second kappa shape index (κ2) is 7.93. The molecule has 2 N–H and O–H groups in total. The summed E-state index contributed by atoms with van der Waals surface area (Å²) < 4.78 is 31.8. The Bertz CT molecular complexity index is 873. The molecule has 2 rings (SSSR count). The maximum atomic E-state index is 13.6. The first-order chi connectivity index (χ1) is 11.9. The van der Waals surface area contributed by atoms with Gasteiger partial charge in [0.15, 0.2) is 0 Å². The lowest BCUT2D eigenvalue weighted by atomic mass is 10.2. The second-order valence-corrected chi connectivity index (χ2v) is 5.10. The van der Waals surface area contributed by atoms with E-state index in [2.05, 4.69) is 10.6 Å². The fourth-order valence-corrected chi connectivity index (χ4v) is 2.02. The molecule has 1 amide bonds. The van der Waals surface area contributed by atoms with Gasteiger partial charge in [-0.25, -0.2) is 8.78 Å². The van der Waals surface area contributed by atoms with Gasteiger partial charge < -0.3 is 15.4 Å². The summed E-state index contributed by atoms with van der Waals surface area (Å²) in [6.07, 6.45) is 1.01. The number of hydrogen-bond donors (Lipinski definition) is 2. The zero-order valence-corrected chi connectivity index (χ0v) is 13.6. The Balaban J connectivity index is 2.20. The lowest BCUT2D eigenvalue weighted by molar-refractivity contribution is -0.112. The van der Waals surface area contributed by atoms with E-state index in [9.17, 15) is 13.6 Å². The number of carbonyl (C=O) groups is 1. The average molecular weight is 343 g/mol. The van der Waals surface area contributed by atoms with Crippen molar-refractivity contribution >= 4 is 17.3 Å². The predicted molar refractivity (Wildman–Crippen MR) is 90.0 cm³/mol. The van der Waals surface area contributed by atoms with Crippen LogP contribution < -0.4 is 15.4 Å². The van der Waals surface area contributed by atoms with Gasteiger partial charge in [0.2, 0.25) is 0 Å². The summed E-state index contributed by atoms with van der Waals surface area (Å²) in [5.41, 5.74) is 0.782. The maximum absolute atomic E-state index is 13.6. The normalized spacial score (nSPS) is 10.8. The summed E-state index contributed by atoms with van der Waals surface area (Å²) >= 11 is 0. The van der Waals surface area contributed by atoms with Gasteiger partial charge in [0.05, 0.1) is 18.5 Å². The molecular formula is C18H15F2N3O2. The standard InChI is InChI=1S/C18H15F2N3O2/c1-11-3-6-17(25-2)16(7-11)23-18(24)12(9-21)10-22-15-8-13(19)4-5-14(15)20/h3-8,10,22H,1-2H3,(H,23,24)/b12-10-. The summed E-state index contributed by atoms with van der Waals surface area (Å²) in [6.45, 7) is 1.84. The van der Waals surface area contributed by atoms with Gasteiger partial charge >= 0.3 is 0 Å². The highest BCUT2D eigenvalue weighted by atomic mass is 19.1. The predicted octanol–water partition coefficient (Wildman–Crippen LogP) is 3.74. The van der Waals surface area contributed by atoms with Gasteiger partial charge in [-0.3, -0.25) is 4.79 Å². The number of nitrogens with one attached hydrogen (secondary N) is 2. The molecule has 0 spiro atoms. The van der Waals surface area contributed by atoms with Crippen LogP contribution in [0.5, 0.6) is 5.75 Å². The van der Waals surface area contributed by atoms with Crippen LogP contribution in [-0.4, -0.2) is 13.0 Å². The van der Waals surface area contributed by atoms with E-state index in [1.54, 1.807) is 18.2 Å². The molecular weight excluding hydrogens is 328 g/mol. The number of carbonyl (C=O) groups excluding carboxylic acids is 1. The van der Waals surface area contributed by atoms with E-state index in [1.165, 1.54) is 7.11 Å². The summed E-state index contributed by atoms with van der Waals surface area (Å²) in [6, 6.07) is 9.71. The summed E-state index contributed by atoms with van der Waals surface area (Å²) in [5.74, 6) is -1.64. The Morgan fingerprint density at radius 1 is 1.20 bits per heavy atom. The van der Waals surface area contributed by atoms with Crippen LogP contribution in [0.2, 0.25) is 0 Å². The van der Waals surface area contributed by atoms with Crippen molar-refractivity contribution in [1.82, 2.24) is 0 Å². The van der Waals surface area contributed by atoms with Gasteiger partial charge in [0, 0.05) is 12.3 Å². The third-order valence-electron chi connectivity index (χ3n) is 3.27. The quantitative estimate of drug-likeness (QED) is 0.641. The molecule has 7 heteroatoms. The Labute approximate surface area is 143 Å². The van der Waals surface area contributed by atoms with Crippen LogP contribution in [0.15, 0.2) is 48.2 Å². The Morgan fingerprint density at radius 3 is 2.64 bits per heavy atom. The largest absolute Gasteiger partial charge is 0.495 e. The molecule has 0 saturated heterocycles. The van der Waals surface area contributed by atoms with E-state index in [4.69, 9.17) is 10.00 Å². The minimum atomic E-state index is -0.712. The summed E-state index contributed by atoms with van der Waals surface area (Å²) in [4.78, 5) is 12.2. The highest BCUT2D eigenvalue weighted by Crippen LogP contribution is 2.25. The molecule has 25 heavy (non-hydrogen) atoms. The molecule has 0 radical (unpaired) electrons. The number of anilines is 2. The minimum absolute atomic E-state index is 0.186. The highest BCUT2D eigenvalue weighted by molar-refractivity contribution is 6.07. The number of aryl methyl sites for hydroxylation is 1. The van der Waals surface area contributed by atoms with Crippen LogP contribution in [0.4, 0.5) is 20.2 Å². The first-order valence-electron chi connectivity index (χ1n) is 7.22. The molecule has 0 aliphatic carbocycles. The van der Waals surface area contributed by atoms with Gasteiger partial charge in [0.1, 0.15) is 29.0 Å². The number of halogens is 2. The van der Waals surface area contributed by atoms with Crippen molar-refractivity contribution < 1.29 is 18.3 Å². The number of ether oxygens (including phenoxy) is 1. The van der Waals surface area contributed by atoms with Crippen LogP contribution in [0, 0.1) is 29.9 Å². The van der Waals surface area contributed by atoms with Crippen LogP contribution >= 0.6 is 0 Å². The molecule has 2 aromatic rings. The lowest BCUT2D eigenvalue weighted by Gasteiger charge is -2.11. The number of amides is 1. The molecule has 0 atom stereocenters. The Hall–Kier alpha value is -3.40. The third kappa shape index (κ3) is 4.54. The molecule has 0 aliphatic heterocycles. The van der Waals surface area contributed by atoms with Crippen LogP contribution in [0.1, 0.15) is 5.56 Å². The molecule has 128 valence electrons. The Kier molecular flexibility index (Phi) is 5.69. The average Bonchev–Trinajstić information content (AvgIpc) is 2.58. The molecule has 0 aliphatic rings. The Morgan fingerprint density at radius 2 is 1.96 bits per heavy atom. The van der Waals surface area contributed by atoms with E-state index in [-0.39, 0.29) is 11.3 Å². The number of rotatable bonds is 5. The van der Waals surface area contributed by atoms with E-state index in [0.29, 0.717) is 11.4 Å². The number of hydrogen-bond acceptors (Lipinski definition) is 4. The van der Waals surface area contributed by atoms with Crippen LogP contribution in [0.25, 0.3) is 0 Å². The van der Waals surface area contributed by atoms with Crippen molar-refractivity contribution in [2.24, 2.45) is 0 Å². The number of nitrogens with zero attached hydrogens (tertiary/aromatic N) is 1. The SMILES string of the molecule is COc1ccc(C)cc1NC(=O)/C(C#N)=C\Nc1cc(F)ccc1F. The van der Waals surface area contributed by atoms with E-state index in [0.717, 1.165) is 30.0 Å². The van der Waals surface area contributed by atoms with Crippen LogP contribution in [-0.2, 0) is 4.79 Å². The monoisotopic (exact) mass is 343 g/mol. The van der Waals surface area contributed by atoms with E-state index < -0.39 is 17.5 Å². The van der Waals surface area contributed by atoms with Gasteiger partial charge in [-0.15, -0.1) is 0 Å². The number of nitriles is 1. The maximum Gasteiger partial charge on any atom is 0.267 e. The molecule has 0 unspecified atom stereocenters. The van der Waals surface area contributed by atoms with Crippen molar-refractivity contribution in [3.8, 4) is 11.8 Å². The molecule has 2 aromatic carbocycles. The van der Waals surface area contributed by atoms with Crippen molar-refractivity contribution in [1.29, 1.82) is 5.26 Å². The van der Waals surface area contributed by atoms with Gasteiger partial charge in [-0.1, -0.05) is 6.07 Å². The van der Waals surface area contributed by atoms with Gasteiger partial charge in [0.25, 0.3) is 5.91 Å². The van der Waals surface area contributed by atoms with Gasteiger partial charge in [-0.2, -0.15) is 5.26 Å². The van der Waals surface area contributed by atoms with Crippen LogP contribution in [0.3, 0.4) is 0 Å².